The minimum Gasteiger partial charge on any atom is -0.494 e. The van der Waals surface area contributed by atoms with Crippen molar-refractivity contribution in [2.75, 3.05) is 25.1 Å². The van der Waals surface area contributed by atoms with Gasteiger partial charge in [-0.1, -0.05) is 0 Å². The fourth-order valence-electron chi connectivity index (χ4n) is 2.15. The molecule has 0 radical (unpaired) electrons. The number of ether oxygens (including phenoxy) is 2. The molecule has 2 aromatic rings. The van der Waals surface area contributed by atoms with Crippen LogP contribution in [0.4, 0.5) is 5.69 Å². The summed E-state index contributed by atoms with van der Waals surface area (Å²) >= 11 is 0. The van der Waals surface area contributed by atoms with Crippen molar-refractivity contribution in [3.63, 3.8) is 0 Å². The smallest absolute Gasteiger partial charge is 0.325 e. The molecule has 2 aromatic carbocycles. The Kier molecular flexibility index (Phi) is 7.54. The van der Waals surface area contributed by atoms with Crippen LogP contribution >= 0.6 is 0 Å². The zero-order valence-corrected chi connectivity index (χ0v) is 15.2. The molecule has 0 saturated heterocycles. The maximum absolute atomic E-state index is 12.0. The zero-order chi connectivity index (χ0) is 20.4. The Morgan fingerprint density at radius 3 is 2.32 bits per heavy atom. The number of carbonyl (C=O) groups excluding carboxylic acids is 3. The topological polar surface area (TPSA) is 118 Å². The first kappa shape index (κ1) is 20.5. The molecule has 0 saturated carbocycles. The summed E-state index contributed by atoms with van der Waals surface area (Å²) in [7, 11) is 0. The Hall–Kier alpha value is -3.86. The van der Waals surface area contributed by atoms with Crippen LogP contribution in [0.25, 0.3) is 0 Å². The second-order valence-electron chi connectivity index (χ2n) is 5.54. The molecule has 0 aliphatic rings. The van der Waals surface area contributed by atoms with Crippen LogP contribution in [-0.4, -0.2) is 37.5 Å². The van der Waals surface area contributed by atoms with Gasteiger partial charge in [0.05, 0.1) is 18.2 Å². The first-order chi connectivity index (χ1) is 13.5. The number of nitriles is 1. The maximum Gasteiger partial charge on any atom is 0.325 e. The Bertz CT molecular complexity index is 870. The molecule has 0 bridgehead atoms. The molecule has 0 unspecified atom stereocenters. The zero-order valence-electron chi connectivity index (χ0n) is 15.2. The number of nitrogens with one attached hydrogen (secondary N) is 2. The summed E-state index contributed by atoms with van der Waals surface area (Å²) in [6, 6.07) is 14.7. The Morgan fingerprint density at radius 2 is 1.71 bits per heavy atom. The fraction of sp³-hybridized carbons (Fsp3) is 0.200. The monoisotopic (exact) mass is 381 g/mol. The third-order valence-corrected chi connectivity index (χ3v) is 3.48. The molecule has 0 spiro atoms. The lowest BCUT2D eigenvalue weighted by Gasteiger charge is -2.08. The summed E-state index contributed by atoms with van der Waals surface area (Å²) in [5, 5.41) is 13.7. The van der Waals surface area contributed by atoms with E-state index in [1.807, 2.05) is 13.0 Å². The van der Waals surface area contributed by atoms with E-state index < -0.39 is 24.4 Å². The van der Waals surface area contributed by atoms with Crippen molar-refractivity contribution >= 4 is 23.5 Å². The average molecular weight is 381 g/mol. The van der Waals surface area contributed by atoms with Crippen molar-refractivity contribution in [1.82, 2.24) is 5.32 Å². The minimum atomic E-state index is -0.741. The van der Waals surface area contributed by atoms with Crippen molar-refractivity contribution in [1.29, 1.82) is 5.26 Å². The molecule has 2 rings (SSSR count). The molecule has 0 aliphatic carbocycles. The molecule has 0 aliphatic heterocycles. The summed E-state index contributed by atoms with van der Waals surface area (Å²) in [5.74, 6) is -1.07. The number of hydrogen-bond donors (Lipinski definition) is 2. The van der Waals surface area contributed by atoms with Crippen molar-refractivity contribution < 1.29 is 23.9 Å². The highest BCUT2D eigenvalue weighted by Gasteiger charge is 2.11. The average Bonchev–Trinajstić information content (AvgIpc) is 2.72. The number of anilines is 1. The lowest BCUT2D eigenvalue weighted by Crippen LogP contribution is -2.32. The first-order valence-corrected chi connectivity index (χ1v) is 8.48. The van der Waals surface area contributed by atoms with Crippen LogP contribution in [0.3, 0.4) is 0 Å². The van der Waals surface area contributed by atoms with E-state index in [2.05, 4.69) is 10.6 Å². The minimum absolute atomic E-state index is 0.365. The number of nitrogens with zero attached hydrogens (tertiary/aromatic N) is 1. The van der Waals surface area contributed by atoms with E-state index in [1.54, 1.807) is 48.5 Å². The predicted octanol–water partition coefficient (Wildman–Crippen LogP) is 1.87. The largest absolute Gasteiger partial charge is 0.494 e. The second-order valence-corrected chi connectivity index (χ2v) is 5.54. The van der Waals surface area contributed by atoms with Crippen LogP contribution in [-0.2, 0) is 14.3 Å². The molecule has 144 valence electrons. The Labute approximate surface area is 162 Å². The fourth-order valence-corrected chi connectivity index (χ4v) is 2.15. The highest BCUT2D eigenvalue weighted by molar-refractivity contribution is 5.96. The standard InChI is InChI=1S/C20H19N3O5/c1-2-27-17-9-5-15(6-10-17)20(26)22-12-19(25)28-13-18(24)23-16-7-3-14(11-21)4-8-16/h3-10H,2,12-13H2,1H3,(H,22,26)(H,23,24). The van der Waals surface area contributed by atoms with Crippen LogP contribution in [0.15, 0.2) is 48.5 Å². The lowest BCUT2D eigenvalue weighted by atomic mass is 10.2. The summed E-state index contributed by atoms with van der Waals surface area (Å²) < 4.78 is 10.1. The SMILES string of the molecule is CCOc1ccc(C(=O)NCC(=O)OCC(=O)Nc2ccc(C#N)cc2)cc1. The second kappa shape index (κ2) is 10.3. The van der Waals surface area contributed by atoms with Gasteiger partial charge >= 0.3 is 5.97 Å². The van der Waals surface area contributed by atoms with Crippen molar-refractivity contribution in [2.24, 2.45) is 0 Å². The Morgan fingerprint density at radius 1 is 1.04 bits per heavy atom. The van der Waals surface area contributed by atoms with E-state index in [1.165, 1.54) is 0 Å². The Balaban J connectivity index is 1.71. The van der Waals surface area contributed by atoms with Gasteiger partial charge in [0.15, 0.2) is 6.61 Å². The van der Waals surface area contributed by atoms with E-state index in [-0.39, 0.29) is 6.54 Å². The van der Waals surface area contributed by atoms with Gasteiger partial charge in [-0.15, -0.1) is 0 Å². The number of hydrogen-bond acceptors (Lipinski definition) is 6. The molecule has 0 fully saturated rings. The first-order valence-electron chi connectivity index (χ1n) is 8.48. The van der Waals surface area contributed by atoms with E-state index in [0.29, 0.717) is 29.2 Å². The predicted molar refractivity (Wildman–Crippen MR) is 101 cm³/mol. The van der Waals surface area contributed by atoms with E-state index in [9.17, 15) is 14.4 Å². The van der Waals surface area contributed by atoms with Crippen LogP contribution in [0.2, 0.25) is 0 Å². The van der Waals surface area contributed by atoms with Gasteiger partial charge in [0.1, 0.15) is 12.3 Å². The van der Waals surface area contributed by atoms with Crippen molar-refractivity contribution in [3.05, 3.63) is 59.7 Å². The molecular weight excluding hydrogens is 362 g/mol. The summed E-state index contributed by atoms with van der Waals surface area (Å²) in [6.07, 6.45) is 0. The number of benzene rings is 2. The lowest BCUT2D eigenvalue weighted by molar-refractivity contribution is -0.146. The molecule has 8 nitrogen and oxygen atoms in total. The van der Waals surface area contributed by atoms with Crippen LogP contribution < -0.4 is 15.4 Å². The number of amides is 2. The normalized spacial score (nSPS) is 9.71. The highest BCUT2D eigenvalue weighted by Crippen LogP contribution is 2.12. The molecule has 2 amide bonds. The summed E-state index contributed by atoms with van der Waals surface area (Å²) in [4.78, 5) is 35.4. The van der Waals surface area contributed by atoms with Crippen LogP contribution in [0, 0.1) is 11.3 Å². The third kappa shape index (κ3) is 6.46. The molecular formula is C20H19N3O5. The molecule has 28 heavy (non-hydrogen) atoms. The van der Waals surface area contributed by atoms with Gasteiger partial charge in [0.2, 0.25) is 0 Å². The molecule has 0 aromatic heterocycles. The number of rotatable bonds is 8. The van der Waals surface area contributed by atoms with Gasteiger partial charge in [-0.05, 0) is 55.5 Å². The van der Waals surface area contributed by atoms with E-state index in [0.717, 1.165) is 0 Å². The molecule has 2 N–H and O–H groups in total. The summed E-state index contributed by atoms with van der Waals surface area (Å²) in [5.41, 5.74) is 1.31. The van der Waals surface area contributed by atoms with Crippen LogP contribution in [0.5, 0.6) is 5.75 Å². The number of carbonyl (C=O) groups is 3. The molecule has 8 heteroatoms. The van der Waals surface area contributed by atoms with Crippen molar-refractivity contribution in [3.8, 4) is 11.8 Å². The van der Waals surface area contributed by atoms with E-state index >= 15 is 0 Å². The van der Waals surface area contributed by atoms with Crippen LogP contribution in [0.1, 0.15) is 22.8 Å². The van der Waals surface area contributed by atoms with Gasteiger partial charge in [0.25, 0.3) is 11.8 Å². The number of esters is 1. The van der Waals surface area contributed by atoms with Gasteiger partial charge in [0, 0.05) is 11.3 Å². The van der Waals surface area contributed by atoms with Crippen molar-refractivity contribution in [2.45, 2.75) is 6.92 Å². The maximum atomic E-state index is 12.0. The quantitative estimate of drug-likeness (QED) is 0.674. The van der Waals surface area contributed by atoms with Gasteiger partial charge in [-0.3, -0.25) is 14.4 Å². The van der Waals surface area contributed by atoms with Gasteiger partial charge < -0.3 is 20.1 Å². The molecule has 0 heterocycles. The summed E-state index contributed by atoms with van der Waals surface area (Å²) in [6.45, 7) is 1.53. The van der Waals surface area contributed by atoms with Gasteiger partial charge in [-0.2, -0.15) is 5.26 Å². The third-order valence-electron chi connectivity index (χ3n) is 3.48. The highest BCUT2D eigenvalue weighted by atomic mass is 16.5. The molecule has 0 atom stereocenters. The van der Waals surface area contributed by atoms with E-state index in [4.69, 9.17) is 14.7 Å². The van der Waals surface area contributed by atoms with Gasteiger partial charge in [-0.25, -0.2) is 0 Å².